The number of unbranched alkanes of at least 4 members (excludes halogenated alkanes) is 1. The quantitative estimate of drug-likeness (QED) is 0.650. The van der Waals surface area contributed by atoms with Crippen molar-refractivity contribution in [3.63, 3.8) is 0 Å². The molecule has 0 aliphatic rings. The highest BCUT2D eigenvalue weighted by atomic mass is 16.1. The number of hydrogen-bond donors (Lipinski definition) is 0. The first-order chi connectivity index (χ1) is 6.72. The molecule has 1 heterocycles. The van der Waals surface area contributed by atoms with Gasteiger partial charge in [0, 0.05) is 26.1 Å². The van der Waals surface area contributed by atoms with Crippen LogP contribution in [0.3, 0.4) is 0 Å². The average Bonchev–Trinajstić information content (AvgIpc) is 2.58. The third-order valence-corrected chi connectivity index (χ3v) is 2.32. The molecule has 1 rings (SSSR count). The lowest BCUT2D eigenvalue weighted by Crippen LogP contribution is -1.95. The van der Waals surface area contributed by atoms with Crippen LogP contribution in [-0.2, 0) is 18.3 Å². The van der Waals surface area contributed by atoms with Crippen LogP contribution < -0.4 is 0 Å². The fraction of sp³-hybridized carbons (Fsp3) is 0.636. The SMILES string of the molecule is CCC(=O)CCCCc1cnn(C)c1. The standard InChI is InChI=1S/C11H18N2O/c1-3-11(14)7-5-4-6-10-8-12-13(2)9-10/h8-9H,3-7H2,1-2H3. The molecule has 1 aromatic heterocycles. The zero-order valence-corrected chi connectivity index (χ0v) is 8.99. The van der Waals surface area contributed by atoms with Gasteiger partial charge >= 0.3 is 0 Å². The Hall–Kier alpha value is -1.12. The van der Waals surface area contributed by atoms with Crippen LogP contribution in [0.25, 0.3) is 0 Å². The fourth-order valence-electron chi connectivity index (χ4n) is 1.43. The minimum Gasteiger partial charge on any atom is -0.300 e. The van der Waals surface area contributed by atoms with E-state index in [1.54, 1.807) is 0 Å². The summed E-state index contributed by atoms with van der Waals surface area (Å²) in [6.07, 6.45) is 8.44. The molecule has 0 unspecified atom stereocenters. The van der Waals surface area contributed by atoms with Crippen molar-refractivity contribution in [1.82, 2.24) is 9.78 Å². The summed E-state index contributed by atoms with van der Waals surface area (Å²) in [5.41, 5.74) is 1.26. The Balaban J connectivity index is 2.13. The minimum atomic E-state index is 0.371. The Bertz CT molecular complexity index is 291. The van der Waals surface area contributed by atoms with Crippen molar-refractivity contribution in [2.24, 2.45) is 7.05 Å². The average molecular weight is 194 g/mol. The summed E-state index contributed by atoms with van der Waals surface area (Å²) in [6.45, 7) is 1.92. The van der Waals surface area contributed by atoms with Gasteiger partial charge in [-0.2, -0.15) is 5.10 Å². The molecular weight excluding hydrogens is 176 g/mol. The molecule has 0 saturated heterocycles. The highest BCUT2D eigenvalue weighted by Crippen LogP contribution is 2.06. The van der Waals surface area contributed by atoms with Crippen molar-refractivity contribution in [2.75, 3.05) is 0 Å². The van der Waals surface area contributed by atoms with Gasteiger partial charge in [0.25, 0.3) is 0 Å². The Morgan fingerprint density at radius 2 is 2.29 bits per heavy atom. The molecule has 0 spiro atoms. The number of aromatic nitrogens is 2. The van der Waals surface area contributed by atoms with Crippen molar-refractivity contribution in [3.8, 4) is 0 Å². The van der Waals surface area contributed by atoms with Gasteiger partial charge in [-0.25, -0.2) is 0 Å². The number of ketones is 1. The van der Waals surface area contributed by atoms with E-state index in [1.807, 2.05) is 31.0 Å². The molecule has 78 valence electrons. The molecule has 3 heteroatoms. The van der Waals surface area contributed by atoms with Crippen LogP contribution in [0.1, 0.15) is 38.2 Å². The van der Waals surface area contributed by atoms with Crippen molar-refractivity contribution in [1.29, 1.82) is 0 Å². The number of aryl methyl sites for hydroxylation is 2. The zero-order chi connectivity index (χ0) is 10.4. The predicted molar refractivity (Wildman–Crippen MR) is 56.1 cm³/mol. The Kier molecular flexibility index (Phi) is 4.36. The number of carbonyl (C=O) groups excluding carboxylic acids is 1. The largest absolute Gasteiger partial charge is 0.300 e. The molecule has 0 radical (unpaired) electrons. The monoisotopic (exact) mass is 194 g/mol. The molecule has 0 bridgehead atoms. The van der Waals surface area contributed by atoms with Crippen LogP contribution in [0.4, 0.5) is 0 Å². The Morgan fingerprint density at radius 1 is 1.50 bits per heavy atom. The van der Waals surface area contributed by atoms with Crippen LogP contribution in [0.15, 0.2) is 12.4 Å². The van der Waals surface area contributed by atoms with E-state index < -0.39 is 0 Å². The van der Waals surface area contributed by atoms with Gasteiger partial charge in [-0.05, 0) is 24.8 Å². The molecule has 0 N–H and O–H groups in total. The second kappa shape index (κ2) is 5.58. The predicted octanol–water partition coefficient (Wildman–Crippen LogP) is 2.11. The lowest BCUT2D eigenvalue weighted by atomic mass is 10.1. The first-order valence-corrected chi connectivity index (χ1v) is 5.21. The molecule has 0 saturated carbocycles. The molecule has 0 aliphatic heterocycles. The maximum atomic E-state index is 11.0. The summed E-state index contributed by atoms with van der Waals surface area (Å²) in [4.78, 5) is 11.0. The summed E-state index contributed by atoms with van der Waals surface area (Å²) in [5, 5.41) is 4.10. The van der Waals surface area contributed by atoms with Gasteiger partial charge in [0.1, 0.15) is 5.78 Å². The summed E-state index contributed by atoms with van der Waals surface area (Å²) in [5.74, 6) is 0.371. The van der Waals surface area contributed by atoms with E-state index in [-0.39, 0.29) is 0 Å². The van der Waals surface area contributed by atoms with Gasteiger partial charge in [0.05, 0.1) is 6.20 Å². The molecule has 0 aliphatic carbocycles. The zero-order valence-electron chi connectivity index (χ0n) is 8.99. The molecular formula is C11H18N2O. The van der Waals surface area contributed by atoms with Crippen molar-refractivity contribution in [2.45, 2.75) is 39.0 Å². The third-order valence-electron chi connectivity index (χ3n) is 2.32. The van der Waals surface area contributed by atoms with Crippen LogP contribution in [0, 0.1) is 0 Å². The maximum Gasteiger partial charge on any atom is 0.132 e. The van der Waals surface area contributed by atoms with Crippen molar-refractivity contribution < 1.29 is 4.79 Å². The highest BCUT2D eigenvalue weighted by Gasteiger charge is 1.99. The number of rotatable bonds is 6. The molecule has 0 atom stereocenters. The van der Waals surface area contributed by atoms with Gasteiger partial charge in [0.2, 0.25) is 0 Å². The maximum absolute atomic E-state index is 11.0. The Labute approximate surface area is 85.1 Å². The van der Waals surface area contributed by atoms with E-state index in [9.17, 15) is 4.79 Å². The first-order valence-electron chi connectivity index (χ1n) is 5.21. The normalized spacial score (nSPS) is 10.4. The first kappa shape index (κ1) is 11.0. The second-order valence-electron chi connectivity index (χ2n) is 3.62. The van der Waals surface area contributed by atoms with Gasteiger partial charge < -0.3 is 0 Å². The molecule has 0 aromatic carbocycles. The van der Waals surface area contributed by atoms with Crippen LogP contribution in [0.5, 0.6) is 0 Å². The van der Waals surface area contributed by atoms with E-state index in [1.165, 1.54) is 5.56 Å². The number of Topliss-reactive ketones (excluding diaryl/α,β-unsaturated/α-hetero) is 1. The van der Waals surface area contributed by atoms with E-state index in [0.717, 1.165) is 25.7 Å². The second-order valence-corrected chi connectivity index (χ2v) is 3.62. The van der Waals surface area contributed by atoms with E-state index in [0.29, 0.717) is 12.2 Å². The van der Waals surface area contributed by atoms with Gasteiger partial charge in [-0.1, -0.05) is 6.92 Å². The van der Waals surface area contributed by atoms with Gasteiger partial charge in [-0.15, -0.1) is 0 Å². The third kappa shape index (κ3) is 3.73. The lowest BCUT2D eigenvalue weighted by molar-refractivity contribution is -0.118. The summed E-state index contributed by atoms with van der Waals surface area (Å²) < 4.78 is 1.81. The topological polar surface area (TPSA) is 34.9 Å². The van der Waals surface area contributed by atoms with Gasteiger partial charge in [-0.3, -0.25) is 9.48 Å². The molecule has 0 fully saturated rings. The van der Waals surface area contributed by atoms with Crippen LogP contribution in [-0.4, -0.2) is 15.6 Å². The summed E-state index contributed by atoms with van der Waals surface area (Å²) >= 11 is 0. The fourth-order valence-corrected chi connectivity index (χ4v) is 1.43. The number of hydrogen-bond acceptors (Lipinski definition) is 2. The van der Waals surface area contributed by atoms with Crippen LogP contribution in [0.2, 0.25) is 0 Å². The van der Waals surface area contributed by atoms with E-state index in [2.05, 4.69) is 5.10 Å². The minimum absolute atomic E-state index is 0.371. The smallest absolute Gasteiger partial charge is 0.132 e. The lowest BCUT2D eigenvalue weighted by Gasteiger charge is -1.97. The van der Waals surface area contributed by atoms with E-state index in [4.69, 9.17) is 0 Å². The summed E-state index contributed by atoms with van der Waals surface area (Å²) in [6, 6.07) is 0. The molecule has 14 heavy (non-hydrogen) atoms. The number of carbonyl (C=O) groups is 1. The van der Waals surface area contributed by atoms with Crippen molar-refractivity contribution in [3.05, 3.63) is 18.0 Å². The van der Waals surface area contributed by atoms with E-state index >= 15 is 0 Å². The highest BCUT2D eigenvalue weighted by molar-refractivity contribution is 5.77. The summed E-state index contributed by atoms with van der Waals surface area (Å²) in [7, 11) is 1.92. The van der Waals surface area contributed by atoms with Crippen LogP contribution >= 0.6 is 0 Å². The Morgan fingerprint density at radius 3 is 2.86 bits per heavy atom. The molecule has 1 aromatic rings. The molecule has 3 nitrogen and oxygen atoms in total. The van der Waals surface area contributed by atoms with Gasteiger partial charge in [0.15, 0.2) is 0 Å². The number of nitrogens with zero attached hydrogens (tertiary/aromatic N) is 2. The molecule has 0 amide bonds. The van der Waals surface area contributed by atoms with Crippen molar-refractivity contribution >= 4 is 5.78 Å².